The number of nitrogens with one attached hydrogen (secondary N) is 3. The summed E-state index contributed by atoms with van der Waals surface area (Å²) in [5.74, 6) is 0.587. The largest absolute Gasteiger partial charge is 0.486 e. The van der Waals surface area contributed by atoms with Crippen molar-refractivity contribution in [2.75, 3.05) is 0 Å². The molecule has 2 aliphatic rings. The van der Waals surface area contributed by atoms with Crippen molar-refractivity contribution in [3.63, 3.8) is 0 Å². The molecule has 33 heavy (non-hydrogen) atoms. The summed E-state index contributed by atoms with van der Waals surface area (Å²) in [7, 11) is 0. The van der Waals surface area contributed by atoms with Gasteiger partial charge in [0.2, 0.25) is 0 Å². The zero-order valence-corrected chi connectivity index (χ0v) is 20.1. The van der Waals surface area contributed by atoms with Crippen molar-refractivity contribution < 1.29 is 14.3 Å². The second kappa shape index (κ2) is 11.5. The lowest BCUT2D eigenvalue weighted by atomic mass is 9.90. The lowest BCUT2D eigenvalue weighted by Gasteiger charge is -2.33. The van der Waals surface area contributed by atoms with E-state index in [-0.39, 0.29) is 30.1 Å². The molecule has 8 heteroatoms. The van der Waals surface area contributed by atoms with E-state index in [0.29, 0.717) is 12.3 Å². The van der Waals surface area contributed by atoms with Gasteiger partial charge in [-0.2, -0.15) is 0 Å². The lowest BCUT2D eigenvalue weighted by molar-refractivity contribution is 0.0911. The Bertz CT molecular complexity index is 924. The number of amides is 3. The number of hydrogen-bond acceptors (Lipinski definition) is 5. The molecule has 2 aromatic rings. The third-order valence-electron chi connectivity index (χ3n) is 6.51. The molecule has 0 saturated heterocycles. The van der Waals surface area contributed by atoms with Crippen LogP contribution in [0.15, 0.2) is 29.6 Å². The molecule has 0 unspecified atom stereocenters. The van der Waals surface area contributed by atoms with Gasteiger partial charge in [0.25, 0.3) is 5.91 Å². The van der Waals surface area contributed by atoms with Gasteiger partial charge in [0.1, 0.15) is 23.1 Å². The van der Waals surface area contributed by atoms with E-state index < -0.39 is 0 Å². The Morgan fingerprint density at radius 1 is 0.939 bits per heavy atom. The quantitative estimate of drug-likeness (QED) is 0.547. The third-order valence-corrected chi connectivity index (χ3v) is 7.33. The zero-order valence-electron chi connectivity index (χ0n) is 19.3. The Labute approximate surface area is 199 Å². The van der Waals surface area contributed by atoms with Crippen LogP contribution in [0.3, 0.4) is 0 Å². The van der Waals surface area contributed by atoms with E-state index in [4.69, 9.17) is 4.74 Å². The van der Waals surface area contributed by atoms with Gasteiger partial charge in [0.15, 0.2) is 0 Å². The Kier molecular flexibility index (Phi) is 8.20. The van der Waals surface area contributed by atoms with Gasteiger partial charge in [-0.05, 0) is 44.7 Å². The maximum absolute atomic E-state index is 12.9. The van der Waals surface area contributed by atoms with Crippen molar-refractivity contribution in [1.29, 1.82) is 0 Å². The fourth-order valence-electron chi connectivity index (χ4n) is 4.62. The van der Waals surface area contributed by atoms with Gasteiger partial charge in [-0.15, -0.1) is 11.3 Å². The minimum atomic E-state index is -0.195. The van der Waals surface area contributed by atoms with E-state index in [0.717, 1.165) is 49.3 Å². The van der Waals surface area contributed by atoms with Crippen LogP contribution in [0.1, 0.15) is 78.8 Å². The van der Waals surface area contributed by atoms with Gasteiger partial charge in [-0.3, -0.25) is 4.79 Å². The van der Waals surface area contributed by atoms with Crippen molar-refractivity contribution in [2.24, 2.45) is 0 Å². The summed E-state index contributed by atoms with van der Waals surface area (Å²) in [6.07, 6.45) is 9.54. The van der Waals surface area contributed by atoms with Gasteiger partial charge in [0, 0.05) is 17.5 Å². The van der Waals surface area contributed by atoms with E-state index in [1.807, 2.05) is 31.2 Å². The summed E-state index contributed by atoms with van der Waals surface area (Å²) in [6, 6.07) is 7.86. The van der Waals surface area contributed by atoms with Crippen LogP contribution in [0.25, 0.3) is 0 Å². The predicted octanol–water partition coefficient (Wildman–Crippen LogP) is 4.70. The Balaban J connectivity index is 1.27. The fraction of sp³-hybridized carbons (Fsp3) is 0.560. The van der Waals surface area contributed by atoms with E-state index in [9.17, 15) is 9.59 Å². The minimum Gasteiger partial charge on any atom is -0.486 e. The van der Waals surface area contributed by atoms with E-state index >= 15 is 0 Å². The molecule has 0 spiro atoms. The summed E-state index contributed by atoms with van der Waals surface area (Å²) >= 11 is 1.42. The number of aromatic nitrogens is 1. The summed E-state index contributed by atoms with van der Waals surface area (Å²) in [4.78, 5) is 29.8. The first-order chi connectivity index (χ1) is 16.1. The average molecular weight is 471 g/mol. The first-order valence-corrected chi connectivity index (χ1v) is 13.0. The van der Waals surface area contributed by atoms with Crippen LogP contribution in [-0.4, -0.2) is 35.0 Å². The monoisotopic (exact) mass is 470 g/mol. The molecule has 2 fully saturated rings. The van der Waals surface area contributed by atoms with Gasteiger partial charge < -0.3 is 20.7 Å². The molecule has 7 nitrogen and oxygen atoms in total. The van der Waals surface area contributed by atoms with E-state index in [1.165, 1.54) is 36.2 Å². The number of carbonyl (C=O) groups excluding carboxylic acids is 2. The number of ether oxygens (including phenoxy) is 1. The first-order valence-electron chi connectivity index (χ1n) is 12.1. The van der Waals surface area contributed by atoms with Gasteiger partial charge in [0.05, 0.1) is 6.04 Å². The second-order valence-electron chi connectivity index (χ2n) is 9.15. The minimum absolute atomic E-state index is 0.0609. The molecule has 2 atom stereocenters. The standard InChI is InChI=1S/C25H34N4O3S/c1-17-11-13-19(14-12-17)32-15-23-27-22(16-33-23)24(30)28-20-9-5-6-10-21(20)29-25(31)26-18-7-3-2-4-8-18/h11-14,16,18,20-21H,2-10,15H2,1H3,(H,28,30)(H2,26,29,31)/t20-,21+/m1/s1. The number of hydrogen-bond donors (Lipinski definition) is 3. The molecule has 1 heterocycles. The number of carbonyl (C=O) groups is 2. The van der Waals surface area contributed by atoms with Crippen molar-refractivity contribution in [2.45, 2.75) is 89.4 Å². The summed E-state index contributed by atoms with van der Waals surface area (Å²) in [5.41, 5.74) is 1.58. The molecule has 3 amide bonds. The number of nitrogens with zero attached hydrogens (tertiary/aromatic N) is 1. The zero-order chi connectivity index (χ0) is 23.0. The highest BCUT2D eigenvalue weighted by molar-refractivity contribution is 7.09. The number of benzene rings is 1. The second-order valence-corrected chi connectivity index (χ2v) is 10.1. The molecule has 0 aliphatic heterocycles. The summed E-state index contributed by atoms with van der Waals surface area (Å²) < 4.78 is 5.77. The van der Waals surface area contributed by atoms with Gasteiger partial charge >= 0.3 is 6.03 Å². The maximum Gasteiger partial charge on any atom is 0.315 e. The highest BCUT2D eigenvalue weighted by Crippen LogP contribution is 2.21. The molecule has 0 bridgehead atoms. The average Bonchev–Trinajstić information content (AvgIpc) is 3.30. The van der Waals surface area contributed by atoms with Crippen LogP contribution in [0.4, 0.5) is 4.79 Å². The topological polar surface area (TPSA) is 92.3 Å². The normalized spacial score (nSPS) is 21.2. The van der Waals surface area contributed by atoms with Crippen molar-refractivity contribution in [3.8, 4) is 5.75 Å². The van der Waals surface area contributed by atoms with Crippen molar-refractivity contribution in [3.05, 3.63) is 45.9 Å². The van der Waals surface area contributed by atoms with Crippen molar-refractivity contribution in [1.82, 2.24) is 20.9 Å². The molecular formula is C25H34N4O3S. The molecule has 4 rings (SSSR count). The fourth-order valence-corrected chi connectivity index (χ4v) is 5.31. The van der Waals surface area contributed by atoms with Crippen LogP contribution in [0, 0.1) is 6.92 Å². The smallest absolute Gasteiger partial charge is 0.315 e. The third kappa shape index (κ3) is 6.93. The number of thiazole rings is 1. The number of aryl methyl sites for hydroxylation is 1. The van der Waals surface area contributed by atoms with E-state index in [2.05, 4.69) is 20.9 Å². The van der Waals surface area contributed by atoms with Gasteiger partial charge in [-0.25, -0.2) is 9.78 Å². The van der Waals surface area contributed by atoms with Crippen LogP contribution < -0.4 is 20.7 Å². The molecular weight excluding hydrogens is 436 g/mol. The summed E-state index contributed by atoms with van der Waals surface area (Å²) in [5, 5.41) is 11.9. The summed E-state index contributed by atoms with van der Waals surface area (Å²) in [6.45, 7) is 2.36. The molecule has 178 valence electrons. The Hall–Kier alpha value is -2.61. The molecule has 0 radical (unpaired) electrons. The van der Waals surface area contributed by atoms with Crippen LogP contribution in [0.2, 0.25) is 0 Å². The predicted molar refractivity (Wildman–Crippen MR) is 130 cm³/mol. The molecule has 1 aromatic carbocycles. The number of rotatable bonds is 7. The molecule has 2 saturated carbocycles. The first kappa shape index (κ1) is 23.5. The van der Waals surface area contributed by atoms with Crippen LogP contribution in [0.5, 0.6) is 5.75 Å². The highest BCUT2D eigenvalue weighted by atomic mass is 32.1. The maximum atomic E-state index is 12.9. The molecule has 1 aromatic heterocycles. The Morgan fingerprint density at radius 2 is 1.61 bits per heavy atom. The SMILES string of the molecule is Cc1ccc(OCc2nc(C(=O)N[C@@H]3CCCC[C@@H]3NC(=O)NC3CCCCC3)cs2)cc1. The molecule has 2 aliphatic carbocycles. The highest BCUT2D eigenvalue weighted by Gasteiger charge is 2.29. The molecule has 3 N–H and O–H groups in total. The van der Waals surface area contributed by atoms with Gasteiger partial charge in [-0.1, -0.05) is 49.8 Å². The van der Waals surface area contributed by atoms with Crippen LogP contribution >= 0.6 is 11.3 Å². The Morgan fingerprint density at radius 3 is 2.33 bits per heavy atom. The van der Waals surface area contributed by atoms with Crippen molar-refractivity contribution >= 4 is 23.3 Å². The van der Waals surface area contributed by atoms with E-state index in [1.54, 1.807) is 5.38 Å². The van der Waals surface area contributed by atoms with Crippen LogP contribution in [-0.2, 0) is 6.61 Å². The number of urea groups is 1. The lowest BCUT2D eigenvalue weighted by Crippen LogP contribution is -2.56.